The van der Waals surface area contributed by atoms with Gasteiger partial charge in [-0.05, 0) is 183 Å². The molecule has 2 aliphatic rings. The van der Waals surface area contributed by atoms with Crippen molar-refractivity contribution in [1.82, 2.24) is 9.13 Å². The predicted molar refractivity (Wildman–Crippen MR) is 410 cm³/mol. The molecule has 0 N–H and O–H groups in total. The van der Waals surface area contributed by atoms with Crippen molar-refractivity contribution >= 4 is 145 Å². The summed E-state index contributed by atoms with van der Waals surface area (Å²) in [4.78, 5) is 5.34. The lowest BCUT2D eigenvalue weighted by molar-refractivity contribution is 0.590. The van der Waals surface area contributed by atoms with Crippen LogP contribution in [-0.2, 0) is 18.3 Å². The van der Waals surface area contributed by atoms with Crippen LogP contribution in [0.2, 0.25) is 0 Å². The van der Waals surface area contributed by atoms with Crippen LogP contribution in [0.15, 0.2) is 276 Å². The van der Waals surface area contributed by atoms with Gasteiger partial charge in [0.2, 0.25) is 0 Å². The van der Waals surface area contributed by atoms with E-state index in [0.29, 0.717) is 0 Å². The van der Waals surface area contributed by atoms with Gasteiger partial charge < -0.3 is 27.8 Å². The average molecular weight is 1250 g/mol. The minimum atomic E-state index is -0.271. The van der Waals surface area contributed by atoms with Gasteiger partial charge >= 0.3 is 0 Å². The Morgan fingerprint density at radius 2 is 0.732 bits per heavy atom. The van der Waals surface area contributed by atoms with Gasteiger partial charge in [-0.1, -0.05) is 205 Å². The third kappa shape index (κ3) is 8.94. The summed E-state index contributed by atoms with van der Waals surface area (Å²) in [5, 5.41) is 9.48. The third-order valence-corrected chi connectivity index (χ3v) is 21.2. The first kappa shape index (κ1) is 57.2. The van der Waals surface area contributed by atoms with Gasteiger partial charge in [-0.2, -0.15) is 0 Å². The van der Waals surface area contributed by atoms with Crippen LogP contribution in [0.25, 0.3) is 121 Å². The molecule has 0 bridgehead atoms. The first-order valence-corrected chi connectivity index (χ1v) is 34.8. The molecule has 0 radical (unpaired) electrons. The second-order valence-corrected chi connectivity index (χ2v) is 28.0. The molecule has 17 aromatic rings. The standard InChI is InChI=1S/C90H71BN4O2/c1-6-8-24-60-48-71-67-32-18-22-36-85(67)96-87(71)54-79(60)94-81-52-63(92-75-34-20-16-30-65(75)69-46-58(38-44-77(69)92)56-26-12-10-13-27-56)40-42-73(81)91-74-43-41-64(93-76-35-21-17-31-66(76)70-47-59(39-45-78(70)93)57-28-14-11-15-29-57)53-82(74)95(84-51-62(90(3,4)5)50-83(94)89(84)91)80-55-88-72(49-61(80)25-9-7-2)68-33-19-23-37-86(68)97-88/h10-23,26-55H,6-9,24-25H2,1-5H3. The fourth-order valence-electron chi connectivity index (χ4n) is 16.5. The number of rotatable bonds is 12. The number of anilines is 6. The molecule has 4 aromatic heterocycles. The second kappa shape index (κ2) is 22.2. The van der Waals surface area contributed by atoms with E-state index < -0.39 is 0 Å². The minimum absolute atomic E-state index is 0.180. The molecule has 6 nitrogen and oxygen atoms in total. The van der Waals surface area contributed by atoms with Crippen molar-refractivity contribution in [2.45, 2.75) is 78.6 Å². The summed E-state index contributed by atoms with van der Waals surface area (Å²) in [5.74, 6) is 0. The van der Waals surface area contributed by atoms with Crippen LogP contribution in [0.1, 0.15) is 77.0 Å². The van der Waals surface area contributed by atoms with Crippen LogP contribution < -0.4 is 26.2 Å². The first-order valence-electron chi connectivity index (χ1n) is 34.8. The highest BCUT2D eigenvalue weighted by Gasteiger charge is 2.45. The molecule has 0 spiro atoms. The SMILES string of the molecule is CCCCc1cc2c(cc1N1c3cc(-n4c5ccccc5c5cc(-c6ccccc6)ccc54)ccc3B3c4ccc(-n5c6ccccc6c6cc(-c7ccccc7)ccc65)cc4N(c4cc5oc6ccccc6c5cc4CCCC)c4cc(C(C)(C)C)cc1c43)oc1ccccc12. The molecule has 19 rings (SSSR count). The monoisotopic (exact) mass is 1250 g/mol. The summed E-state index contributed by atoms with van der Waals surface area (Å²) in [6.45, 7) is 11.6. The van der Waals surface area contributed by atoms with Gasteiger partial charge in [-0.15, -0.1) is 0 Å². The molecule has 13 aromatic carbocycles. The molecule has 97 heavy (non-hydrogen) atoms. The molecule has 0 unspecified atom stereocenters. The second-order valence-electron chi connectivity index (χ2n) is 28.0. The maximum Gasteiger partial charge on any atom is 0.252 e. The third-order valence-electron chi connectivity index (χ3n) is 21.2. The molecular formula is C90H71BN4O2. The van der Waals surface area contributed by atoms with Gasteiger partial charge in [0.05, 0.1) is 33.4 Å². The van der Waals surface area contributed by atoms with Gasteiger partial charge in [0.25, 0.3) is 6.71 Å². The van der Waals surface area contributed by atoms with E-state index in [1.54, 1.807) is 0 Å². The Morgan fingerprint density at radius 1 is 0.320 bits per heavy atom. The van der Waals surface area contributed by atoms with E-state index in [4.69, 9.17) is 8.83 Å². The summed E-state index contributed by atoms with van der Waals surface area (Å²) in [6.07, 6.45) is 6.01. The number of fused-ring (bicyclic) bond motifs is 16. The van der Waals surface area contributed by atoms with E-state index in [1.807, 2.05) is 0 Å². The van der Waals surface area contributed by atoms with E-state index >= 15 is 0 Å². The van der Waals surface area contributed by atoms with Crippen LogP contribution in [0.3, 0.4) is 0 Å². The van der Waals surface area contributed by atoms with Gasteiger partial charge in [0, 0.05) is 89.3 Å². The highest BCUT2D eigenvalue weighted by molar-refractivity contribution is 7.00. The largest absolute Gasteiger partial charge is 0.456 e. The van der Waals surface area contributed by atoms with Crippen molar-refractivity contribution < 1.29 is 8.83 Å². The fourth-order valence-corrected chi connectivity index (χ4v) is 16.5. The zero-order valence-corrected chi connectivity index (χ0v) is 55.3. The van der Waals surface area contributed by atoms with Crippen molar-refractivity contribution in [2.24, 2.45) is 0 Å². The summed E-state index contributed by atoms with van der Waals surface area (Å²) >= 11 is 0. The number of aryl methyl sites for hydroxylation is 2. The zero-order valence-electron chi connectivity index (χ0n) is 55.3. The van der Waals surface area contributed by atoms with Crippen molar-refractivity contribution in [2.75, 3.05) is 9.80 Å². The Balaban J connectivity index is 0.926. The maximum absolute atomic E-state index is 6.99. The highest BCUT2D eigenvalue weighted by Crippen LogP contribution is 2.51. The average Bonchev–Trinajstić information content (AvgIpc) is 1.29. The van der Waals surface area contributed by atoms with E-state index in [1.165, 1.54) is 110 Å². The smallest absolute Gasteiger partial charge is 0.252 e. The number of hydrogen-bond acceptors (Lipinski definition) is 4. The van der Waals surface area contributed by atoms with Crippen LogP contribution in [0.5, 0.6) is 0 Å². The van der Waals surface area contributed by atoms with E-state index in [0.717, 1.165) is 117 Å². The van der Waals surface area contributed by atoms with E-state index in [9.17, 15) is 0 Å². The van der Waals surface area contributed by atoms with Gasteiger partial charge in [0.15, 0.2) is 0 Å². The molecule has 0 aliphatic carbocycles. The topological polar surface area (TPSA) is 42.6 Å². The molecule has 7 heteroatoms. The lowest BCUT2D eigenvalue weighted by Gasteiger charge is -2.46. The van der Waals surface area contributed by atoms with Crippen LogP contribution in [0.4, 0.5) is 34.1 Å². The molecule has 0 fully saturated rings. The van der Waals surface area contributed by atoms with Crippen LogP contribution in [0, 0.1) is 0 Å². The molecule has 0 saturated carbocycles. The van der Waals surface area contributed by atoms with Crippen LogP contribution >= 0.6 is 0 Å². The number of furan rings is 2. The Bertz CT molecular complexity index is 5700. The Labute approximate surface area is 564 Å². The summed E-state index contributed by atoms with van der Waals surface area (Å²) < 4.78 is 19.0. The molecule has 0 atom stereocenters. The number of unbranched alkanes of at least 4 members (excludes halogenated alkanes) is 2. The summed E-state index contributed by atoms with van der Waals surface area (Å²) in [6, 6.07) is 100. The lowest BCUT2D eigenvalue weighted by Crippen LogP contribution is -2.61. The predicted octanol–water partition coefficient (Wildman–Crippen LogP) is 23.1. The number of para-hydroxylation sites is 4. The van der Waals surface area contributed by atoms with E-state index in [2.05, 4.69) is 320 Å². The Kier molecular flexibility index (Phi) is 13.1. The molecule has 0 saturated heterocycles. The quantitative estimate of drug-likeness (QED) is 0.114. The van der Waals surface area contributed by atoms with E-state index in [-0.39, 0.29) is 12.1 Å². The van der Waals surface area contributed by atoms with Crippen LogP contribution in [-0.4, -0.2) is 15.8 Å². The van der Waals surface area contributed by atoms with Crippen molar-refractivity contribution in [3.05, 3.63) is 284 Å². The highest BCUT2D eigenvalue weighted by atomic mass is 16.3. The minimum Gasteiger partial charge on any atom is -0.456 e. The number of benzene rings is 13. The van der Waals surface area contributed by atoms with Crippen molar-refractivity contribution in [3.8, 4) is 33.6 Å². The summed E-state index contributed by atoms with van der Waals surface area (Å²) in [5.41, 5.74) is 29.6. The molecule has 6 heterocycles. The zero-order chi connectivity index (χ0) is 64.8. The number of nitrogens with zero attached hydrogens (tertiary/aromatic N) is 4. The fraction of sp³-hybridized carbons (Fsp3) is 0.133. The van der Waals surface area contributed by atoms with Gasteiger partial charge in [-0.25, -0.2) is 0 Å². The van der Waals surface area contributed by atoms with Crippen molar-refractivity contribution in [1.29, 1.82) is 0 Å². The van der Waals surface area contributed by atoms with Gasteiger partial charge in [-0.3, -0.25) is 0 Å². The molecular weight excluding hydrogens is 1180 g/mol. The normalized spacial score (nSPS) is 13.0. The Hall–Kier alpha value is -11.3. The van der Waals surface area contributed by atoms with Crippen molar-refractivity contribution in [3.63, 3.8) is 0 Å². The maximum atomic E-state index is 6.99. The lowest BCUT2D eigenvalue weighted by atomic mass is 9.33. The Morgan fingerprint density at radius 3 is 1.18 bits per heavy atom. The molecule has 2 aliphatic heterocycles. The molecule has 0 amide bonds. The number of aromatic nitrogens is 2. The first-order chi connectivity index (χ1) is 47.6. The summed E-state index contributed by atoms with van der Waals surface area (Å²) in [7, 11) is 0. The number of hydrogen-bond donors (Lipinski definition) is 0. The molecule has 466 valence electrons. The van der Waals surface area contributed by atoms with Gasteiger partial charge in [0.1, 0.15) is 22.3 Å².